The zero-order valence-electron chi connectivity index (χ0n) is 26.3. The van der Waals surface area contributed by atoms with Crippen molar-refractivity contribution in [3.63, 3.8) is 0 Å². The first-order valence-electron chi connectivity index (χ1n) is 15.3. The van der Waals surface area contributed by atoms with E-state index in [1.54, 1.807) is 36.1 Å². The third-order valence-electron chi connectivity index (χ3n) is 8.11. The Balaban J connectivity index is 1.11. The number of rotatable bonds is 11. The number of halogens is 3. The normalized spacial score (nSPS) is 16.8. The van der Waals surface area contributed by atoms with Gasteiger partial charge in [0, 0.05) is 31.9 Å². The van der Waals surface area contributed by atoms with E-state index in [9.17, 15) is 22.8 Å². The number of hydrogen-bond acceptors (Lipinski definition) is 9. The molecule has 4 heterocycles. The molecule has 14 heteroatoms. The van der Waals surface area contributed by atoms with Crippen LogP contribution in [0.5, 0.6) is 11.5 Å². The van der Waals surface area contributed by atoms with E-state index in [4.69, 9.17) is 14.2 Å². The average Bonchev–Trinajstić information content (AvgIpc) is 3.03. The molecule has 1 aromatic carbocycles. The molecule has 2 aliphatic rings. The van der Waals surface area contributed by atoms with Crippen LogP contribution >= 0.6 is 0 Å². The van der Waals surface area contributed by atoms with Crippen molar-refractivity contribution in [3.8, 4) is 11.5 Å². The number of fused-ring (bicyclic) bond motifs is 3. The molecule has 1 fully saturated rings. The maximum atomic E-state index is 14.0. The van der Waals surface area contributed by atoms with Crippen LogP contribution in [0.15, 0.2) is 47.5 Å². The maximum Gasteiger partial charge on any atom is 0.423 e. The summed E-state index contributed by atoms with van der Waals surface area (Å²) in [5.74, 6) is 2.43. The number of carbonyl (C=O) groups excluding carboxylic acids is 1. The Morgan fingerprint density at radius 2 is 1.91 bits per heavy atom. The van der Waals surface area contributed by atoms with Crippen molar-refractivity contribution in [2.75, 3.05) is 56.8 Å². The van der Waals surface area contributed by atoms with Crippen molar-refractivity contribution in [1.29, 1.82) is 0 Å². The van der Waals surface area contributed by atoms with Gasteiger partial charge < -0.3 is 29.3 Å². The quantitative estimate of drug-likeness (QED) is 0.308. The summed E-state index contributed by atoms with van der Waals surface area (Å²) in [4.78, 5) is 34.4. The van der Waals surface area contributed by atoms with Gasteiger partial charge in [-0.25, -0.2) is 9.67 Å². The van der Waals surface area contributed by atoms with E-state index in [1.165, 1.54) is 7.11 Å². The highest BCUT2D eigenvalue weighted by molar-refractivity contribution is 5.77. The molecule has 1 N–H and O–H groups in total. The molecule has 248 valence electrons. The summed E-state index contributed by atoms with van der Waals surface area (Å²) >= 11 is 0. The first kappa shape index (κ1) is 33.0. The lowest BCUT2D eigenvalue weighted by Gasteiger charge is -2.44. The number of carbonyl (C=O) groups is 1. The molecule has 2 aromatic heterocycles. The first-order chi connectivity index (χ1) is 21.9. The standard InChI is InChI=1S/C32H39F3N6O5/c1-20(2)23-13-27-30(36-14-23)40-11-10-39(17-24(40)19-46-27)28(42)9-12-45-18-21(3)38-26-15-37-41(31(43)29(26)32(33,34)35)16-22-5-7-25(44-4)8-6-22/h5-8,13-15,20-21,24,38H,9-12,16-19H2,1-4H3/t21-,24?/m0/s1. The van der Waals surface area contributed by atoms with Gasteiger partial charge in [0.1, 0.15) is 17.9 Å². The van der Waals surface area contributed by atoms with Gasteiger partial charge in [-0.1, -0.05) is 26.0 Å². The Morgan fingerprint density at radius 1 is 1.15 bits per heavy atom. The summed E-state index contributed by atoms with van der Waals surface area (Å²) in [5.41, 5.74) is -1.31. The van der Waals surface area contributed by atoms with Gasteiger partial charge in [0.2, 0.25) is 5.91 Å². The lowest BCUT2D eigenvalue weighted by atomic mass is 10.0. The number of anilines is 2. The lowest BCUT2D eigenvalue weighted by molar-refractivity contribution is -0.138. The topological polar surface area (TPSA) is 111 Å². The zero-order valence-corrected chi connectivity index (χ0v) is 26.3. The molecule has 0 aliphatic carbocycles. The summed E-state index contributed by atoms with van der Waals surface area (Å²) in [6.45, 7) is 7.96. The number of aromatic nitrogens is 3. The third-order valence-corrected chi connectivity index (χ3v) is 8.11. The number of nitrogens with one attached hydrogen (secondary N) is 1. The molecule has 1 unspecified atom stereocenters. The van der Waals surface area contributed by atoms with Crippen molar-refractivity contribution < 1.29 is 32.2 Å². The SMILES string of the molecule is COc1ccc(Cn2ncc(N[C@@H](C)COCCC(=O)N3CCN4c5ncc(C(C)C)cc5OCC4C3)c(C(F)(F)F)c2=O)cc1. The Kier molecular flexibility index (Phi) is 10.0. The number of hydrogen-bond donors (Lipinski definition) is 1. The minimum atomic E-state index is -4.90. The van der Waals surface area contributed by atoms with Crippen molar-refractivity contribution >= 4 is 17.4 Å². The van der Waals surface area contributed by atoms with Gasteiger partial charge in [0.15, 0.2) is 11.6 Å². The second-order valence-corrected chi connectivity index (χ2v) is 11.9. The molecule has 1 amide bonds. The van der Waals surface area contributed by atoms with Crippen LogP contribution in [-0.4, -0.2) is 84.2 Å². The van der Waals surface area contributed by atoms with Crippen molar-refractivity contribution in [2.45, 2.75) is 57.9 Å². The zero-order chi connectivity index (χ0) is 33.0. The molecule has 0 saturated carbocycles. The molecule has 0 spiro atoms. The Labute approximate surface area is 265 Å². The van der Waals surface area contributed by atoms with Crippen molar-refractivity contribution in [3.05, 3.63) is 69.8 Å². The number of nitrogens with zero attached hydrogens (tertiary/aromatic N) is 5. The van der Waals surface area contributed by atoms with E-state index < -0.39 is 29.0 Å². The van der Waals surface area contributed by atoms with Crippen molar-refractivity contribution in [2.24, 2.45) is 0 Å². The van der Waals surface area contributed by atoms with Gasteiger partial charge >= 0.3 is 6.18 Å². The summed E-state index contributed by atoms with van der Waals surface area (Å²) in [7, 11) is 1.50. The highest BCUT2D eigenvalue weighted by Gasteiger charge is 2.39. The predicted molar refractivity (Wildman–Crippen MR) is 166 cm³/mol. The minimum absolute atomic E-state index is 0.00385. The molecule has 1 saturated heterocycles. The van der Waals surface area contributed by atoms with Crippen LogP contribution in [0.25, 0.3) is 0 Å². The molecule has 2 atom stereocenters. The van der Waals surface area contributed by atoms with E-state index in [0.717, 1.165) is 28.0 Å². The molecular formula is C32H39F3N6O5. The number of amides is 1. The maximum absolute atomic E-state index is 14.0. The molecule has 46 heavy (non-hydrogen) atoms. The largest absolute Gasteiger partial charge is 0.497 e. The first-order valence-corrected chi connectivity index (χ1v) is 15.3. The Bertz CT molecular complexity index is 1580. The second-order valence-electron chi connectivity index (χ2n) is 11.9. The van der Waals surface area contributed by atoms with Gasteiger partial charge in [-0.2, -0.15) is 18.3 Å². The molecule has 2 aliphatic heterocycles. The van der Waals surface area contributed by atoms with E-state index in [-0.39, 0.29) is 38.1 Å². The average molecular weight is 645 g/mol. The van der Waals surface area contributed by atoms with Gasteiger partial charge in [-0.3, -0.25) is 9.59 Å². The van der Waals surface area contributed by atoms with Gasteiger partial charge in [-0.15, -0.1) is 0 Å². The lowest BCUT2D eigenvalue weighted by Crippen LogP contribution is -2.58. The number of methoxy groups -OCH3 is 1. The fourth-order valence-electron chi connectivity index (χ4n) is 5.55. The molecule has 3 aromatic rings. The van der Waals surface area contributed by atoms with Gasteiger partial charge in [0.05, 0.1) is 51.2 Å². The molecule has 5 rings (SSSR count). The van der Waals surface area contributed by atoms with E-state index in [2.05, 4.69) is 34.1 Å². The van der Waals surface area contributed by atoms with E-state index in [1.807, 2.05) is 12.3 Å². The van der Waals surface area contributed by atoms with E-state index >= 15 is 0 Å². The summed E-state index contributed by atoms with van der Waals surface area (Å²) in [6, 6.07) is 8.05. The fraction of sp³-hybridized carbons (Fsp3) is 0.500. The number of piperazine rings is 1. The van der Waals surface area contributed by atoms with Crippen LogP contribution in [0.3, 0.4) is 0 Å². The fourth-order valence-corrected chi connectivity index (χ4v) is 5.55. The smallest absolute Gasteiger partial charge is 0.423 e. The predicted octanol–water partition coefficient (Wildman–Crippen LogP) is 4.15. The Hall–Kier alpha value is -4.33. The highest BCUT2D eigenvalue weighted by atomic mass is 19.4. The van der Waals surface area contributed by atoms with Crippen LogP contribution in [0.4, 0.5) is 24.7 Å². The Morgan fingerprint density at radius 3 is 2.61 bits per heavy atom. The van der Waals surface area contributed by atoms with Crippen LogP contribution in [0, 0.1) is 0 Å². The van der Waals surface area contributed by atoms with Crippen LogP contribution in [-0.2, 0) is 22.3 Å². The number of ether oxygens (including phenoxy) is 3. The monoisotopic (exact) mass is 644 g/mol. The summed E-state index contributed by atoms with van der Waals surface area (Å²) in [5, 5.41) is 6.68. The van der Waals surface area contributed by atoms with Crippen LogP contribution < -0.4 is 25.2 Å². The number of alkyl halides is 3. The third kappa shape index (κ3) is 7.54. The molecule has 0 radical (unpaired) electrons. The van der Waals surface area contributed by atoms with Gasteiger partial charge in [0.25, 0.3) is 5.56 Å². The number of pyridine rings is 1. The van der Waals surface area contributed by atoms with Crippen LogP contribution in [0.2, 0.25) is 0 Å². The number of benzene rings is 1. The molecule has 0 bridgehead atoms. The van der Waals surface area contributed by atoms with E-state index in [0.29, 0.717) is 43.5 Å². The summed E-state index contributed by atoms with van der Waals surface area (Å²) in [6.07, 6.45) is -1.90. The van der Waals surface area contributed by atoms with Crippen molar-refractivity contribution in [1.82, 2.24) is 19.7 Å². The van der Waals surface area contributed by atoms with Gasteiger partial charge in [-0.05, 0) is 42.2 Å². The minimum Gasteiger partial charge on any atom is -0.497 e. The second kappa shape index (κ2) is 14.0. The summed E-state index contributed by atoms with van der Waals surface area (Å²) < 4.78 is 59.5. The highest BCUT2D eigenvalue weighted by Crippen LogP contribution is 2.35. The molecular weight excluding hydrogens is 605 g/mol. The molecule has 11 nitrogen and oxygen atoms in total. The van der Waals surface area contributed by atoms with Crippen LogP contribution in [0.1, 0.15) is 49.8 Å².